The number of carbonyl (C=O) groups is 1. The average molecular weight is 327 g/mol. The van der Waals surface area contributed by atoms with Crippen LogP contribution in [0.5, 0.6) is 11.5 Å². The third-order valence-electron chi connectivity index (χ3n) is 3.54. The molecule has 0 saturated heterocycles. The van der Waals surface area contributed by atoms with Gasteiger partial charge in [0, 0.05) is 4.91 Å². The molecule has 0 radical (unpaired) electrons. The van der Waals surface area contributed by atoms with Crippen LogP contribution in [0, 0.1) is 0 Å². The molecule has 0 amide bonds. The van der Waals surface area contributed by atoms with E-state index in [0.29, 0.717) is 33.8 Å². The van der Waals surface area contributed by atoms with E-state index in [2.05, 4.69) is 10.0 Å². The Morgan fingerprint density at radius 2 is 1.75 bits per heavy atom. The molecule has 0 unspecified atom stereocenters. The Morgan fingerprint density at radius 3 is 2.38 bits per heavy atom. The van der Waals surface area contributed by atoms with Gasteiger partial charge in [-0.3, -0.25) is 0 Å². The summed E-state index contributed by atoms with van der Waals surface area (Å²) in [4.78, 5) is 14.8. The Bertz CT molecular complexity index is 798. The zero-order valence-electron chi connectivity index (χ0n) is 13.6. The fourth-order valence-electron chi connectivity index (χ4n) is 2.42. The lowest BCUT2D eigenvalue weighted by molar-refractivity contribution is 0.0601. The van der Waals surface area contributed by atoms with Gasteiger partial charge in [0.1, 0.15) is 0 Å². The summed E-state index contributed by atoms with van der Waals surface area (Å²) in [6, 6.07) is 10.5. The van der Waals surface area contributed by atoms with Crippen LogP contribution >= 0.6 is 0 Å². The van der Waals surface area contributed by atoms with Gasteiger partial charge in [-0.05, 0) is 40.4 Å². The number of carbonyl (C=O) groups excluding carboxylic acids is 1. The van der Waals surface area contributed by atoms with Gasteiger partial charge in [0.15, 0.2) is 11.5 Å². The smallest absolute Gasteiger partial charge is 0.338 e. The van der Waals surface area contributed by atoms with Crippen molar-refractivity contribution in [2.45, 2.75) is 6.54 Å². The first-order chi connectivity index (χ1) is 11.7. The lowest BCUT2D eigenvalue weighted by atomic mass is 9.94. The summed E-state index contributed by atoms with van der Waals surface area (Å²) < 4.78 is 15.5. The molecule has 0 N–H and O–H groups in total. The molecule has 0 aromatic heterocycles. The fraction of sp³-hybridized carbons (Fsp3) is 0.235. The molecular weight excluding hydrogens is 310 g/mol. The number of rotatable bonds is 6. The summed E-state index contributed by atoms with van der Waals surface area (Å²) in [5.41, 5.74) is 11.1. The maximum absolute atomic E-state index is 12.1. The zero-order chi connectivity index (χ0) is 17.5. The molecule has 0 spiro atoms. The highest BCUT2D eigenvalue weighted by atomic mass is 16.5. The number of hydrogen-bond donors (Lipinski definition) is 0. The van der Waals surface area contributed by atoms with E-state index in [9.17, 15) is 4.79 Å². The van der Waals surface area contributed by atoms with Crippen LogP contribution in [-0.2, 0) is 11.3 Å². The third kappa shape index (κ3) is 3.42. The standard InChI is InChI=1S/C17H17N3O4/c1-22-15-8-11(10-19-20-18)14(9-16(15)23-2)12-6-4-5-7-13(12)17(21)24-3/h4-9H,10H2,1-3H3. The predicted molar refractivity (Wildman–Crippen MR) is 89.2 cm³/mol. The molecule has 24 heavy (non-hydrogen) atoms. The Balaban J connectivity index is 2.72. The number of hydrogen-bond acceptors (Lipinski definition) is 5. The summed E-state index contributed by atoms with van der Waals surface area (Å²) in [5, 5.41) is 3.62. The molecular formula is C17H17N3O4. The number of nitrogens with zero attached hydrogens (tertiary/aromatic N) is 3. The minimum Gasteiger partial charge on any atom is -0.493 e. The number of ether oxygens (including phenoxy) is 3. The molecule has 0 aliphatic heterocycles. The molecule has 0 atom stereocenters. The van der Waals surface area contributed by atoms with Gasteiger partial charge >= 0.3 is 5.97 Å². The van der Waals surface area contributed by atoms with Crippen LogP contribution in [0.15, 0.2) is 41.5 Å². The maximum Gasteiger partial charge on any atom is 0.338 e. The lowest BCUT2D eigenvalue weighted by Crippen LogP contribution is -2.04. The van der Waals surface area contributed by atoms with Gasteiger partial charge in [-0.25, -0.2) is 4.79 Å². The largest absolute Gasteiger partial charge is 0.493 e. The van der Waals surface area contributed by atoms with Gasteiger partial charge in [-0.2, -0.15) is 0 Å². The van der Waals surface area contributed by atoms with Crippen LogP contribution in [0.1, 0.15) is 15.9 Å². The van der Waals surface area contributed by atoms with Crippen molar-refractivity contribution in [3.8, 4) is 22.6 Å². The van der Waals surface area contributed by atoms with E-state index in [0.717, 1.165) is 0 Å². The van der Waals surface area contributed by atoms with Crippen molar-refractivity contribution in [3.05, 3.63) is 58.0 Å². The second-order valence-corrected chi connectivity index (χ2v) is 4.79. The SMILES string of the molecule is COC(=O)c1ccccc1-c1cc(OC)c(OC)cc1CN=[N+]=[N-]. The van der Waals surface area contributed by atoms with E-state index in [4.69, 9.17) is 19.7 Å². The van der Waals surface area contributed by atoms with E-state index < -0.39 is 5.97 Å². The molecule has 0 aliphatic rings. The van der Waals surface area contributed by atoms with Crippen LogP contribution in [0.3, 0.4) is 0 Å². The molecule has 0 aliphatic carbocycles. The van der Waals surface area contributed by atoms with Crippen LogP contribution in [-0.4, -0.2) is 27.3 Å². The minimum absolute atomic E-state index is 0.113. The van der Waals surface area contributed by atoms with Crippen molar-refractivity contribution in [2.75, 3.05) is 21.3 Å². The molecule has 0 heterocycles. The molecule has 0 bridgehead atoms. The molecule has 2 rings (SSSR count). The van der Waals surface area contributed by atoms with Gasteiger partial charge in [-0.15, -0.1) is 0 Å². The van der Waals surface area contributed by atoms with Crippen molar-refractivity contribution < 1.29 is 19.0 Å². The Labute approximate surface area is 139 Å². The fourth-order valence-corrected chi connectivity index (χ4v) is 2.42. The number of benzene rings is 2. The van der Waals surface area contributed by atoms with Crippen molar-refractivity contribution in [1.82, 2.24) is 0 Å². The summed E-state index contributed by atoms with van der Waals surface area (Å²) in [6.45, 7) is 0.113. The monoisotopic (exact) mass is 327 g/mol. The third-order valence-corrected chi connectivity index (χ3v) is 3.54. The van der Waals surface area contributed by atoms with E-state index in [-0.39, 0.29) is 6.54 Å². The van der Waals surface area contributed by atoms with Crippen LogP contribution in [0.2, 0.25) is 0 Å². The number of methoxy groups -OCH3 is 3. The average Bonchev–Trinajstić information content (AvgIpc) is 2.64. The Morgan fingerprint density at radius 1 is 1.08 bits per heavy atom. The van der Waals surface area contributed by atoms with Crippen molar-refractivity contribution in [1.29, 1.82) is 0 Å². The lowest BCUT2D eigenvalue weighted by Gasteiger charge is -2.16. The van der Waals surface area contributed by atoms with E-state index in [1.165, 1.54) is 21.3 Å². The van der Waals surface area contributed by atoms with Gasteiger partial charge < -0.3 is 14.2 Å². The van der Waals surface area contributed by atoms with E-state index in [1.54, 1.807) is 30.3 Å². The summed E-state index contributed by atoms with van der Waals surface area (Å²) in [6.07, 6.45) is 0. The molecule has 0 fully saturated rings. The van der Waals surface area contributed by atoms with Gasteiger partial charge in [0.25, 0.3) is 0 Å². The molecule has 2 aromatic rings. The summed E-state index contributed by atoms with van der Waals surface area (Å²) in [7, 11) is 4.38. The summed E-state index contributed by atoms with van der Waals surface area (Å²) >= 11 is 0. The molecule has 124 valence electrons. The van der Waals surface area contributed by atoms with Gasteiger partial charge in [0.2, 0.25) is 0 Å². The van der Waals surface area contributed by atoms with Crippen molar-refractivity contribution in [2.24, 2.45) is 5.11 Å². The summed E-state index contributed by atoms with van der Waals surface area (Å²) in [5.74, 6) is 0.576. The highest BCUT2D eigenvalue weighted by Crippen LogP contribution is 2.37. The molecule has 7 nitrogen and oxygen atoms in total. The molecule has 2 aromatic carbocycles. The number of azide groups is 1. The second-order valence-electron chi connectivity index (χ2n) is 4.79. The van der Waals surface area contributed by atoms with E-state index in [1.807, 2.05) is 6.07 Å². The normalized spacial score (nSPS) is 9.79. The minimum atomic E-state index is -0.449. The van der Waals surface area contributed by atoms with Crippen LogP contribution in [0.4, 0.5) is 0 Å². The zero-order valence-corrected chi connectivity index (χ0v) is 13.6. The molecule has 0 saturated carbocycles. The first-order valence-electron chi connectivity index (χ1n) is 7.09. The van der Waals surface area contributed by atoms with Crippen molar-refractivity contribution in [3.63, 3.8) is 0 Å². The molecule has 7 heteroatoms. The van der Waals surface area contributed by atoms with Crippen molar-refractivity contribution >= 4 is 5.97 Å². The first kappa shape index (κ1) is 17.2. The van der Waals surface area contributed by atoms with Crippen LogP contribution < -0.4 is 9.47 Å². The second kappa shape index (κ2) is 7.89. The highest BCUT2D eigenvalue weighted by molar-refractivity contribution is 5.98. The van der Waals surface area contributed by atoms with E-state index >= 15 is 0 Å². The van der Waals surface area contributed by atoms with Gasteiger partial charge in [-0.1, -0.05) is 23.3 Å². The highest BCUT2D eigenvalue weighted by Gasteiger charge is 2.18. The quantitative estimate of drug-likeness (QED) is 0.347. The predicted octanol–water partition coefficient (Wildman–Crippen LogP) is 3.97. The Hall–Kier alpha value is -3.18. The maximum atomic E-state index is 12.1. The first-order valence-corrected chi connectivity index (χ1v) is 7.09. The number of esters is 1. The Kier molecular flexibility index (Phi) is 5.65. The topological polar surface area (TPSA) is 93.5 Å². The van der Waals surface area contributed by atoms with Crippen LogP contribution in [0.25, 0.3) is 21.6 Å². The van der Waals surface area contributed by atoms with Gasteiger partial charge in [0.05, 0.1) is 33.4 Å².